The predicted octanol–water partition coefficient (Wildman–Crippen LogP) is 1.70. The van der Waals surface area contributed by atoms with Gasteiger partial charge in [0.2, 0.25) is 0 Å². The van der Waals surface area contributed by atoms with E-state index in [1.165, 1.54) is 18.9 Å². The van der Waals surface area contributed by atoms with E-state index in [4.69, 9.17) is 4.74 Å². The van der Waals surface area contributed by atoms with E-state index in [-0.39, 0.29) is 5.78 Å². The number of benzene rings is 1. The van der Waals surface area contributed by atoms with Crippen LogP contribution in [-0.4, -0.2) is 30.4 Å². The van der Waals surface area contributed by atoms with Crippen LogP contribution in [0.15, 0.2) is 30.3 Å². The van der Waals surface area contributed by atoms with Crippen LogP contribution < -0.4 is 0 Å². The molecule has 0 aliphatic carbocycles. The number of Topliss-reactive ketones (excluding diaryl/α,β-unsaturated/α-hetero) is 1. The van der Waals surface area contributed by atoms with E-state index < -0.39 is 11.4 Å². The third kappa shape index (κ3) is 2.22. The molecule has 0 saturated carbocycles. The number of rotatable bonds is 3. The molecule has 0 radical (unpaired) electrons. The van der Waals surface area contributed by atoms with Crippen molar-refractivity contribution in [1.82, 2.24) is 0 Å². The summed E-state index contributed by atoms with van der Waals surface area (Å²) in [4.78, 5) is 23.9. The number of esters is 1. The number of hydrogen-bond acceptors (Lipinski definition) is 4. The van der Waals surface area contributed by atoms with Gasteiger partial charge in [0.25, 0.3) is 0 Å². The third-order valence-electron chi connectivity index (χ3n) is 3.04. The van der Waals surface area contributed by atoms with Crippen LogP contribution in [0.5, 0.6) is 0 Å². The second-order valence-corrected chi connectivity index (χ2v) is 5.14. The molecule has 2 rings (SSSR count). The fraction of sp³-hybridized carbons (Fsp3) is 0.385. The molecule has 1 fully saturated rings. The van der Waals surface area contributed by atoms with Crippen molar-refractivity contribution in [3.8, 4) is 0 Å². The average Bonchev–Trinajstić information content (AvgIpc) is 2.72. The van der Waals surface area contributed by atoms with Gasteiger partial charge in [-0.1, -0.05) is 30.3 Å². The molecule has 0 aromatic heterocycles. The second-order valence-electron chi connectivity index (χ2n) is 4.15. The van der Waals surface area contributed by atoms with Gasteiger partial charge in [-0.3, -0.25) is 9.59 Å². The SMILES string of the molecule is COC(=O)C1(Cc2ccccc2)CSCC1=O. The lowest BCUT2D eigenvalue weighted by molar-refractivity contribution is -0.155. The van der Waals surface area contributed by atoms with Crippen molar-refractivity contribution in [3.63, 3.8) is 0 Å². The van der Waals surface area contributed by atoms with Crippen molar-refractivity contribution in [2.24, 2.45) is 5.41 Å². The largest absolute Gasteiger partial charge is 0.468 e. The lowest BCUT2D eigenvalue weighted by atomic mass is 9.80. The highest BCUT2D eigenvalue weighted by molar-refractivity contribution is 8.00. The van der Waals surface area contributed by atoms with Gasteiger partial charge in [-0.05, 0) is 12.0 Å². The van der Waals surface area contributed by atoms with E-state index in [1.54, 1.807) is 0 Å². The van der Waals surface area contributed by atoms with Crippen molar-refractivity contribution in [1.29, 1.82) is 0 Å². The van der Waals surface area contributed by atoms with Crippen LogP contribution >= 0.6 is 11.8 Å². The Balaban J connectivity index is 2.29. The van der Waals surface area contributed by atoms with Crippen LogP contribution in [0.25, 0.3) is 0 Å². The fourth-order valence-electron chi connectivity index (χ4n) is 2.07. The molecule has 1 saturated heterocycles. The monoisotopic (exact) mass is 250 g/mol. The molecule has 1 heterocycles. The second kappa shape index (κ2) is 4.92. The van der Waals surface area contributed by atoms with Crippen molar-refractivity contribution < 1.29 is 14.3 Å². The molecule has 1 aliphatic heterocycles. The Labute approximate surface area is 105 Å². The highest BCUT2D eigenvalue weighted by Gasteiger charge is 2.50. The van der Waals surface area contributed by atoms with Crippen LogP contribution in [0.4, 0.5) is 0 Å². The van der Waals surface area contributed by atoms with Crippen LogP contribution in [0, 0.1) is 5.41 Å². The zero-order chi connectivity index (χ0) is 12.3. The molecule has 0 amide bonds. The standard InChI is InChI=1S/C13H14O3S/c1-16-12(15)13(9-17-8-11(13)14)7-10-5-3-2-4-6-10/h2-6H,7-9H2,1H3. The Morgan fingerprint density at radius 3 is 2.65 bits per heavy atom. The van der Waals surface area contributed by atoms with Crippen LogP contribution in [0.3, 0.4) is 0 Å². The summed E-state index contributed by atoms with van der Waals surface area (Å²) >= 11 is 1.50. The Morgan fingerprint density at radius 1 is 1.41 bits per heavy atom. The molecule has 17 heavy (non-hydrogen) atoms. The molecule has 1 atom stereocenters. The maximum Gasteiger partial charge on any atom is 0.320 e. The van der Waals surface area contributed by atoms with E-state index in [2.05, 4.69) is 0 Å². The molecule has 1 aromatic carbocycles. The molecular formula is C13H14O3S. The maximum atomic E-state index is 12.0. The molecule has 90 valence electrons. The predicted molar refractivity (Wildman–Crippen MR) is 66.9 cm³/mol. The minimum absolute atomic E-state index is 0.0156. The molecule has 1 aliphatic rings. The minimum atomic E-state index is -0.971. The van der Waals surface area contributed by atoms with Gasteiger partial charge >= 0.3 is 5.97 Å². The van der Waals surface area contributed by atoms with E-state index in [0.717, 1.165) is 5.56 Å². The quantitative estimate of drug-likeness (QED) is 0.605. The first-order valence-corrected chi connectivity index (χ1v) is 6.58. The number of carbonyl (C=O) groups is 2. The summed E-state index contributed by atoms with van der Waals surface area (Å²) in [6.45, 7) is 0. The number of ether oxygens (including phenoxy) is 1. The lowest BCUT2D eigenvalue weighted by Crippen LogP contribution is -2.41. The van der Waals surface area contributed by atoms with Crippen molar-refractivity contribution >= 4 is 23.5 Å². The van der Waals surface area contributed by atoms with Gasteiger partial charge in [0.15, 0.2) is 5.78 Å². The normalized spacial score (nSPS) is 23.7. The topological polar surface area (TPSA) is 43.4 Å². The first-order chi connectivity index (χ1) is 8.19. The van der Waals surface area contributed by atoms with Gasteiger partial charge in [0, 0.05) is 5.75 Å². The van der Waals surface area contributed by atoms with E-state index >= 15 is 0 Å². The van der Waals surface area contributed by atoms with Crippen molar-refractivity contribution in [2.45, 2.75) is 6.42 Å². The Kier molecular flexibility index (Phi) is 3.52. The number of ketones is 1. The Hall–Kier alpha value is -1.29. The Bertz CT molecular complexity index is 430. The average molecular weight is 250 g/mol. The van der Waals surface area contributed by atoms with Gasteiger partial charge in [-0.2, -0.15) is 11.8 Å². The maximum absolute atomic E-state index is 12.0. The lowest BCUT2D eigenvalue weighted by Gasteiger charge is -2.23. The molecule has 0 N–H and O–H groups in total. The van der Waals surface area contributed by atoms with Crippen LogP contribution in [-0.2, 0) is 20.7 Å². The molecular weight excluding hydrogens is 236 g/mol. The number of thioether (sulfide) groups is 1. The first-order valence-electron chi connectivity index (χ1n) is 5.42. The molecule has 1 unspecified atom stereocenters. The highest BCUT2D eigenvalue weighted by Crippen LogP contribution is 2.37. The molecule has 0 spiro atoms. The van der Waals surface area contributed by atoms with Gasteiger partial charge in [-0.15, -0.1) is 0 Å². The van der Waals surface area contributed by atoms with Crippen molar-refractivity contribution in [3.05, 3.63) is 35.9 Å². The summed E-state index contributed by atoms with van der Waals surface area (Å²) in [6.07, 6.45) is 0.437. The van der Waals surface area contributed by atoms with Crippen molar-refractivity contribution in [2.75, 3.05) is 18.6 Å². The summed E-state index contributed by atoms with van der Waals surface area (Å²) in [5, 5.41) is 0. The summed E-state index contributed by atoms with van der Waals surface area (Å²) in [7, 11) is 1.34. The van der Waals surface area contributed by atoms with Crippen LogP contribution in [0.2, 0.25) is 0 Å². The van der Waals surface area contributed by atoms with E-state index in [1.807, 2.05) is 30.3 Å². The Morgan fingerprint density at radius 2 is 2.12 bits per heavy atom. The summed E-state index contributed by atoms with van der Waals surface area (Å²) in [5.41, 5.74) is 0.0228. The zero-order valence-electron chi connectivity index (χ0n) is 9.64. The summed E-state index contributed by atoms with van der Waals surface area (Å²) in [5.74, 6) is 0.504. The van der Waals surface area contributed by atoms with E-state index in [0.29, 0.717) is 17.9 Å². The van der Waals surface area contributed by atoms with Gasteiger partial charge in [-0.25, -0.2) is 0 Å². The van der Waals surface area contributed by atoms with Gasteiger partial charge < -0.3 is 4.74 Å². The fourth-order valence-corrected chi connectivity index (χ4v) is 3.36. The molecule has 4 heteroatoms. The third-order valence-corrected chi connectivity index (χ3v) is 4.20. The zero-order valence-corrected chi connectivity index (χ0v) is 10.5. The molecule has 1 aromatic rings. The van der Waals surface area contributed by atoms with Gasteiger partial charge in [0.1, 0.15) is 5.41 Å². The minimum Gasteiger partial charge on any atom is -0.468 e. The smallest absolute Gasteiger partial charge is 0.320 e. The highest BCUT2D eigenvalue weighted by atomic mass is 32.2. The number of methoxy groups -OCH3 is 1. The van der Waals surface area contributed by atoms with Gasteiger partial charge in [0.05, 0.1) is 12.9 Å². The summed E-state index contributed by atoms with van der Waals surface area (Å²) < 4.78 is 4.81. The van der Waals surface area contributed by atoms with Crippen LogP contribution in [0.1, 0.15) is 5.56 Å². The number of carbonyl (C=O) groups excluding carboxylic acids is 2. The molecule has 0 bridgehead atoms. The van der Waals surface area contributed by atoms with E-state index in [9.17, 15) is 9.59 Å². The molecule has 3 nitrogen and oxygen atoms in total. The first kappa shape index (κ1) is 12.2. The number of hydrogen-bond donors (Lipinski definition) is 0. The summed E-state index contributed by atoms with van der Waals surface area (Å²) in [6, 6.07) is 9.60.